The number of fused-ring (bicyclic) bond motifs is 2. The molecule has 0 spiro atoms. The van der Waals surface area contributed by atoms with Gasteiger partial charge in [0.2, 0.25) is 6.79 Å². The van der Waals surface area contributed by atoms with Gasteiger partial charge in [-0.15, -0.1) is 0 Å². The van der Waals surface area contributed by atoms with Gasteiger partial charge in [0.25, 0.3) is 5.56 Å². The highest BCUT2D eigenvalue weighted by Gasteiger charge is 2.24. The number of halogens is 1. The highest BCUT2D eigenvalue weighted by atomic mass is 35.5. The molecule has 0 saturated heterocycles. The van der Waals surface area contributed by atoms with E-state index in [0.717, 1.165) is 41.5 Å². The summed E-state index contributed by atoms with van der Waals surface area (Å²) in [5.41, 5.74) is 3.75. The van der Waals surface area contributed by atoms with Crippen molar-refractivity contribution in [3.8, 4) is 17.2 Å². The van der Waals surface area contributed by atoms with Crippen molar-refractivity contribution in [2.24, 2.45) is 0 Å². The standard InChI is InChI=1S/C20H18ClN3O3/c21-14-3-1-2-13(8-14)10-23-7-6-16-17(11-23)22-24(20(16)25)15-4-5-18-19(9-15)27-12-26-18/h1-5,8-9,22H,6-7,10-12H2. The average molecular weight is 384 g/mol. The van der Waals surface area contributed by atoms with Crippen molar-refractivity contribution in [1.82, 2.24) is 14.7 Å². The quantitative estimate of drug-likeness (QED) is 0.755. The molecule has 138 valence electrons. The van der Waals surface area contributed by atoms with Gasteiger partial charge in [0.15, 0.2) is 11.5 Å². The number of rotatable bonds is 3. The third-order valence-electron chi connectivity index (χ3n) is 5.04. The molecule has 6 nitrogen and oxygen atoms in total. The summed E-state index contributed by atoms with van der Waals surface area (Å²) in [5, 5.41) is 4.02. The van der Waals surface area contributed by atoms with Crippen molar-refractivity contribution in [1.29, 1.82) is 0 Å². The van der Waals surface area contributed by atoms with Gasteiger partial charge in [-0.25, -0.2) is 4.68 Å². The number of nitrogens with zero attached hydrogens (tertiary/aromatic N) is 2. The number of hydrogen-bond donors (Lipinski definition) is 1. The van der Waals surface area contributed by atoms with Gasteiger partial charge in [0, 0.05) is 36.3 Å². The van der Waals surface area contributed by atoms with E-state index in [4.69, 9.17) is 21.1 Å². The van der Waals surface area contributed by atoms with Crippen molar-refractivity contribution in [3.63, 3.8) is 0 Å². The van der Waals surface area contributed by atoms with Gasteiger partial charge in [0.1, 0.15) is 0 Å². The second-order valence-corrected chi connectivity index (χ2v) is 7.27. The molecule has 0 bridgehead atoms. The molecule has 0 fully saturated rings. The van der Waals surface area contributed by atoms with Crippen LogP contribution in [-0.2, 0) is 19.5 Å². The Morgan fingerprint density at radius 3 is 2.89 bits per heavy atom. The van der Waals surface area contributed by atoms with Gasteiger partial charge in [-0.3, -0.25) is 14.8 Å². The highest BCUT2D eigenvalue weighted by Crippen LogP contribution is 2.33. The first-order valence-corrected chi connectivity index (χ1v) is 9.25. The molecular weight excluding hydrogens is 366 g/mol. The van der Waals surface area contributed by atoms with Crippen molar-refractivity contribution >= 4 is 11.6 Å². The summed E-state index contributed by atoms with van der Waals surface area (Å²) < 4.78 is 12.4. The number of nitrogens with one attached hydrogen (secondary N) is 1. The zero-order valence-electron chi connectivity index (χ0n) is 14.6. The monoisotopic (exact) mass is 383 g/mol. The van der Waals surface area contributed by atoms with E-state index in [1.807, 2.05) is 36.4 Å². The van der Waals surface area contributed by atoms with Crippen LogP contribution in [-0.4, -0.2) is 28.0 Å². The Balaban J connectivity index is 1.41. The highest BCUT2D eigenvalue weighted by molar-refractivity contribution is 6.30. The first kappa shape index (κ1) is 16.5. The molecule has 3 aromatic rings. The molecule has 2 aliphatic heterocycles. The minimum atomic E-state index is 0.00581. The number of aromatic nitrogens is 2. The SMILES string of the molecule is O=c1c2c([nH]n1-c1ccc3c(c1)OCO3)CN(Cc1cccc(Cl)c1)CC2. The molecule has 27 heavy (non-hydrogen) atoms. The number of hydrogen-bond acceptors (Lipinski definition) is 4. The zero-order valence-corrected chi connectivity index (χ0v) is 15.3. The second kappa shape index (κ2) is 6.48. The van der Waals surface area contributed by atoms with Gasteiger partial charge in [0.05, 0.1) is 11.4 Å². The lowest BCUT2D eigenvalue weighted by Crippen LogP contribution is -2.31. The molecule has 5 rings (SSSR count). The minimum absolute atomic E-state index is 0.00581. The fraction of sp³-hybridized carbons (Fsp3) is 0.250. The Kier molecular flexibility index (Phi) is 3.95. The predicted molar refractivity (Wildman–Crippen MR) is 102 cm³/mol. The van der Waals surface area contributed by atoms with E-state index >= 15 is 0 Å². The summed E-state index contributed by atoms with van der Waals surface area (Å²) >= 11 is 6.09. The van der Waals surface area contributed by atoms with Crippen molar-refractivity contribution in [3.05, 3.63) is 74.7 Å². The maximum Gasteiger partial charge on any atom is 0.274 e. The van der Waals surface area contributed by atoms with E-state index in [1.54, 1.807) is 4.68 Å². The number of H-pyrrole nitrogens is 1. The maximum absolute atomic E-state index is 12.8. The predicted octanol–water partition coefficient (Wildman–Crippen LogP) is 3.11. The lowest BCUT2D eigenvalue weighted by Gasteiger charge is -2.26. The van der Waals surface area contributed by atoms with Crippen LogP contribution in [0.3, 0.4) is 0 Å². The fourth-order valence-corrected chi connectivity index (χ4v) is 3.93. The van der Waals surface area contributed by atoms with Crippen LogP contribution < -0.4 is 15.0 Å². The fourth-order valence-electron chi connectivity index (χ4n) is 3.71. The van der Waals surface area contributed by atoms with Gasteiger partial charge >= 0.3 is 0 Å². The molecule has 2 aromatic carbocycles. The molecule has 0 amide bonds. The zero-order chi connectivity index (χ0) is 18.4. The third-order valence-corrected chi connectivity index (χ3v) is 5.28. The first-order chi connectivity index (χ1) is 13.2. The van der Waals surface area contributed by atoms with E-state index in [9.17, 15) is 4.79 Å². The summed E-state index contributed by atoms with van der Waals surface area (Å²) in [6.07, 6.45) is 0.725. The first-order valence-electron chi connectivity index (χ1n) is 8.87. The molecule has 0 aliphatic carbocycles. The molecule has 2 aliphatic rings. The Morgan fingerprint density at radius 1 is 1.11 bits per heavy atom. The van der Waals surface area contributed by atoms with Gasteiger partial charge in [-0.2, -0.15) is 0 Å². The molecule has 1 N–H and O–H groups in total. The van der Waals surface area contributed by atoms with Crippen LogP contribution in [0.2, 0.25) is 5.02 Å². The molecular formula is C20H18ClN3O3. The normalized spacial score (nSPS) is 15.7. The van der Waals surface area contributed by atoms with Crippen LogP contribution in [0, 0.1) is 0 Å². The van der Waals surface area contributed by atoms with Gasteiger partial charge in [-0.1, -0.05) is 23.7 Å². The maximum atomic E-state index is 12.8. The summed E-state index contributed by atoms with van der Waals surface area (Å²) in [5.74, 6) is 1.37. The van der Waals surface area contributed by atoms with E-state index in [-0.39, 0.29) is 12.4 Å². The number of ether oxygens (including phenoxy) is 2. The topological polar surface area (TPSA) is 59.5 Å². The van der Waals surface area contributed by atoms with E-state index in [2.05, 4.69) is 16.1 Å². The molecule has 0 unspecified atom stereocenters. The molecule has 3 heterocycles. The lowest BCUT2D eigenvalue weighted by atomic mass is 10.1. The largest absolute Gasteiger partial charge is 0.454 e. The summed E-state index contributed by atoms with van der Waals surface area (Å²) in [6.45, 7) is 2.56. The smallest absolute Gasteiger partial charge is 0.274 e. The number of aromatic amines is 1. The van der Waals surface area contributed by atoms with E-state index in [1.165, 1.54) is 5.56 Å². The van der Waals surface area contributed by atoms with Crippen LogP contribution in [0.15, 0.2) is 47.3 Å². The van der Waals surface area contributed by atoms with Crippen molar-refractivity contribution in [2.75, 3.05) is 13.3 Å². The molecule has 0 atom stereocenters. The van der Waals surface area contributed by atoms with Crippen molar-refractivity contribution < 1.29 is 9.47 Å². The second-order valence-electron chi connectivity index (χ2n) is 6.84. The Morgan fingerprint density at radius 2 is 2.00 bits per heavy atom. The van der Waals surface area contributed by atoms with Crippen LogP contribution in [0.25, 0.3) is 5.69 Å². The number of benzene rings is 2. The summed E-state index contributed by atoms with van der Waals surface area (Å²) in [6, 6.07) is 13.4. The van der Waals surface area contributed by atoms with Gasteiger partial charge < -0.3 is 9.47 Å². The van der Waals surface area contributed by atoms with Crippen molar-refractivity contribution in [2.45, 2.75) is 19.5 Å². The van der Waals surface area contributed by atoms with Crippen LogP contribution in [0.4, 0.5) is 0 Å². The van der Waals surface area contributed by atoms with E-state index < -0.39 is 0 Å². The summed E-state index contributed by atoms with van der Waals surface area (Å²) in [4.78, 5) is 15.2. The Labute approximate surface area is 160 Å². The Bertz CT molecular complexity index is 1070. The van der Waals surface area contributed by atoms with E-state index in [0.29, 0.717) is 18.0 Å². The summed E-state index contributed by atoms with van der Waals surface area (Å²) in [7, 11) is 0. The third kappa shape index (κ3) is 3.01. The average Bonchev–Trinajstić information content (AvgIpc) is 3.25. The Hall–Kier alpha value is -2.70. The van der Waals surface area contributed by atoms with Crippen LogP contribution in [0.5, 0.6) is 11.5 Å². The lowest BCUT2D eigenvalue weighted by molar-refractivity contribution is 0.174. The minimum Gasteiger partial charge on any atom is -0.454 e. The molecule has 7 heteroatoms. The molecule has 1 aromatic heterocycles. The van der Waals surface area contributed by atoms with Crippen LogP contribution in [0.1, 0.15) is 16.8 Å². The molecule has 0 saturated carbocycles. The molecule has 0 radical (unpaired) electrons. The van der Waals surface area contributed by atoms with Gasteiger partial charge in [-0.05, 0) is 36.2 Å². The van der Waals surface area contributed by atoms with Crippen LogP contribution >= 0.6 is 11.6 Å².